The van der Waals surface area contributed by atoms with E-state index >= 15 is 0 Å². The molecule has 1 atom stereocenters. The number of aromatic hydroxyl groups is 1. The number of phenols is 1. The first kappa shape index (κ1) is 15.8. The number of phenolic OH excluding ortho intramolecular Hbond substituents is 1. The lowest BCUT2D eigenvalue weighted by molar-refractivity contribution is -0.116. The van der Waals surface area contributed by atoms with Gasteiger partial charge in [0, 0.05) is 18.3 Å². The fourth-order valence-electron chi connectivity index (χ4n) is 2.33. The number of thiocarbonyl (C=S) groups is 1. The van der Waals surface area contributed by atoms with Crippen LogP contribution in [0.1, 0.15) is 5.56 Å². The lowest BCUT2D eigenvalue weighted by Crippen LogP contribution is -2.33. The number of hydrogen-bond acceptors (Lipinski definition) is 5. The van der Waals surface area contributed by atoms with E-state index in [0.717, 1.165) is 5.69 Å². The van der Waals surface area contributed by atoms with Gasteiger partial charge in [0.25, 0.3) is 0 Å². The van der Waals surface area contributed by atoms with Crippen LogP contribution in [0, 0.1) is 6.92 Å². The van der Waals surface area contributed by atoms with Crippen molar-refractivity contribution >= 4 is 45.6 Å². The molecule has 2 N–H and O–H groups in total. The highest BCUT2D eigenvalue weighted by atomic mass is 32.2. The predicted octanol–water partition coefficient (Wildman–Crippen LogP) is 3.55. The summed E-state index contributed by atoms with van der Waals surface area (Å²) in [6.07, 6.45) is 0. The molecule has 0 spiro atoms. The summed E-state index contributed by atoms with van der Waals surface area (Å²) in [4.78, 5) is 14.1. The molecule has 1 aliphatic rings. The molecular formula is C17H16N2O2S2. The van der Waals surface area contributed by atoms with Crippen LogP contribution in [-0.4, -0.2) is 27.1 Å². The average molecular weight is 344 g/mol. The molecule has 0 aromatic heterocycles. The van der Waals surface area contributed by atoms with Gasteiger partial charge in [-0.25, -0.2) is 0 Å². The molecule has 1 aliphatic heterocycles. The molecule has 2 aromatic carbocycles. The molecule has 118 valence electrons. The molecule has 1 unspecified atom stereocenters. The molecule has 1 amide bonds. The van der Waals surface area contributed by atoms with Crippen molar-refractivity contribution in [1.29, 1.82) is 0 Å². The van der Waals surface area contributed by atoms with Gasteiger partial charge in [0.15, 0.2) is 0 Å². The van der Waals surface area contributed by atoms with Crippen LogP contribution in [0.4, 0.5) is 11.4 Å². The number of carbonyl (C=O) groups excluding carboxylic acids is 1. The molecule has 0 bridgehead atoms. The zero-order chi connectivity index (χ0) is 16.4. The summed E-state index contributed by atoms with van der Waals surface area (Å²) in [5, 5.41) is 12.6. The molecule has 6 heteroatoms. The van der Waals surface area contributed by atoms with Crippen molar-refractivity contribution in [2.24, 2.45) is 0 Å². The number of rotatable bonds is 4. The van der Waals surface area contributed by atoms with Crippen molar-refractivity contribution in [2.75, 3.05) is 16.8 Å². The van der Waals surface area contributed by atoms with Crippen LogP contribution in [0.3, 0.4) is 0 Å². The smallest absolute Gasteiger partial charge is 0.247 e. The maximum atomic E-state index is 12.6. The lowest BCUT2D eigenvalue weighted by Gasteiger charge is -2.16. The van der Waals surface area contributed by atoms with Crippen molar-refractivity contribution in [3.8, 4) is 5.75 Å². The van der Waals surface area contributed by atoms with E-state index in [1.807, 2.05) is 31.2 Å². The third-order valence-corrected chi connectivity index (χ3v) is 5.06. The molecule has 23 heavy (non-hydrogen) atoms. The zero-order valence-electron chi connectivity index (χ0n) is 12.5. The Bertz CT molecular complexity index is 747. The molecule has 1 fully saturated rings. The van der Waals surface area contributed by atoms with E-state index in [1.165, 1.54) is 22.2 Å². The normalized spacial score (nSPS) is 17.6. The molecule has 3 rings (SSSR count). The molecule has 0 saturated carbocycles. The van der Waals surface area contributed by atoms with Crippen LogP contribution in [-0.2, 0) is 4.79 Å². The summed E-state index contributed by atoms with van der Waals surface area (Å²) < 4.78 is 0.510. The average Bonchev–Trinajstić information content (AvgIpc) is 2.81. The monoisotopic (exact) mass is 344 g/mol. The van der Waals surface area contributed by atoms with Crippen molar-refractivity contribution in [3.63, 3.8) is 0 Å². The molecule has 2 aromatic rings. The fraction of sp³-hybridized carbons (Fsp3) is 0.176. The Morgan fingerprint density at radius 1 is 1.26 bits per heavy atom. The highest BCUT2D eigenvalue weighted by Gasteiger charge is 2.37. The van der Waals surface area contributed by atoms with E-state index in [0.29, 0.717) is 16.6 Å². The second kappa shape index (κ2) is 6.60. The number of anilines is 2. The summed E-state index contributed by atoms with van der Waals surface area (Å²) in [5.41, 5.74) is 2.77. The third kappa shape index (κ3) is 3.48. The number of amides is 1. The van der Waals surface area contributed by atoms with Gasteiger partial charge in [-0.3, -0.25) is 9.69 Å². The second-order valence-corrected chi connectivity index (χ2v) is 7.15. The summed E-state index contributed by atoms with van der Waals surface area (Å²) >= 11 is 6.70. The third-order valence-electron chi connectivity index (χ3n) is 3.55. The minimum Gasteiger partial charge on any atom is -0.508 e. The molecule has 1 saturated heterocycles. The number of benzene rings is 2. The van der Waals surface area contributed by atoms with Crippen LogP contribution in [0.25, 0.3) is 0 Å². The van der Waals surface area contributed by atoms with E-state index < -0.39 is 0 Å². The number of nitrogens with zero attached hydrogens (tertiary/aromatic N) is 1. The largest absolute Gasteiger partial charge is 0.508 e. The molecule has 1 heterocycles. The lowest BCUT2D eigenvalue weighted by atomic mass is 10.2. The zero-order valence-corrected chi connectivity index (χ0v) is 14.2. The maximum Gasteiger partial charge on any atom is 0.247 e. The number of nitrogens with one attached hydrogen (secondary N) is 1. The molecule has 0 radical (unpaired) electrons. The number of thioether (sulfide) groups is 1. The van der Waals surface area contributed by atoms with Gasteiger partial charge in [0.1, 0.15) is 15.3 Å². The number of hydrogen-bond donors (Lipinski definition) is 2. The second-order valence-electron chi connectivity index (χ2n) is 5.31. The van der Waals surface area contributed by atoms with Crippen LogP contribution >= 0.6 is 24.0 Å². The Labute approximate surface area is 144 Å². The van der Waals surface area contributed by atoms with Gasteiger partial charge in [0.05, 0.1) is 5.69 Å². The predicted molar refractivity (Wildman–Crippen MR) is 99.2 cm³/mol. The molecular weight excluding hydrogens is 328 g/mol. The van der Waals surface area contributed by atoms with Gasteiger partial charge in [0.2, 0.25) is 5.91 Å². The standard InChI is InChI=1S/C17H16N2O2S2/c1-11-5-7-12(8-6-11)18-10-15-16(21)19(17(22)23-15)13-3-2-4-14(20)9-13/h2-9,15,18,20H,10H2,1H3. The first-order chi connectivity index (χ1) is 11.0. The Balaban J connectivity index is 1.70. The van der Waals surface area contributed by atoms with Crippen LogP contribution < -0.4 is 10.2 Å². The van der Waals surface area contributed by atoms with Crippen molar-refractivity contribution in [3.05, 3.63) is 54.1 Å². The molecule has 0 aliphatic carbocycles. The Kier molecular flexibility index (Phi) is 4.54. The van der Waals surface area contributed by atoms with Gasteiger partial charge >= 0.3 is 0 Å². The van der Waals surface area contributed by atoms with Crippen molar-refractivity contribution < 1.29 is 9.90 Å². The SMILES string of the molecule is Cc1ccc(NCC2SC(=S)N(c3cccc(O)c3)C2=O)cc1. The maximum absolute atomic E-state index is 12.6. The van der Waals surface area contributed by atoms with Crippen LogP contribution in [0.15, 0.2) is 48.5 Å². The van der Waals surface area contributed by atoms with Crippen LogP contribution in [0.5, 0.6) is 5.75 Å². The highest BCUT2D eigenvalue weighted by molar-refractivity contribution is 8.25. The first-order valence-electron chi connectivity index (χ1n) is 7.19. The van der Waals surface area contributed by atoms with E-state index in [2.05, 4.69) is 5.32 Å². The topological polar surface area (TPSA) is 52.6 Å². The Morgan fingerprint density at radius 3 is 2.70 bits per heavy atom. The van der Waals surface area contributed by atoms with E-state index in [4.69, 9.17) is 12.2 Å². The quantitative estimate of drug-likeness (QED) is 0.831. The first-order valence-corrected chi connectivity index (χ1v) is 8.47. The minimum absolute atomic E-state index is 0.0646. The highest BCUT2D eigenvalue weighted by Crippen LogP contribution is 2.33. The van der Waals surface area contributed by atoms with Gasteiger partial charge in [-0.1, -0.05) is 47.7 Å². The summed E-state index contributed by atoms with van der Waals surface area (Å²) in [6, 6.07) is 14.6. The molecule has 4 nitrogen and oxygen atoms in total. The van der Waals surface area contributed by atoms with Crippen molar-refractivity contribution in [2.45, 2.75) is 12.2 Å². The Hall–Kier alpha value is -2.05. The minimum atomic E-state index is -0.272. The summed E-state index contributed by atoms with van der Waals surface area (Å²) in [5.74, 6) is 0.0505. The van der Waals surface area contributed by atoms with Gasteiger partial charge in [-0.15, -0.1) is 0 Å². The number of carbonyl (C=O) groups is 1. The van der Waals surface area contributed by atoms with E-state index in [1.54, 1.807) is 24.3 Å². The van der Waals surface area contributed by atoms with Gasteiger partial charge in [-0.05, 0) is 31.2 Å². The fourth-order valence-corrected chi connectivity index (χ4v) is 3.80. The summed E-state index contributed by atoms with van der Waals surface area (Å²) in [7, 11) is 0. The van der Waals surface area contributed by atoms with Crippen molar-refractivity contribution in [1.82, 2.24) is 0 Å². The Morgan fingerprint density at radius 2 is 2.00 bits per heavy atom. The van der Waals surface area contributed by atoms with Gasteiger partial charge < -0.3 is 10.4 Å². The van der Waals surface area contributed by atoms with Gasteiger partial charge in [-0.2, -0.15) is 0 Å². The number of aryl methyl sites for hydroxylation is 1. The van der Waals surface area contributed by atoms with E-state index in [9.17, 15) is 9.90 Å². The van der Waals surface area contributed by atoms with E-state index in [-0.39, 0.29) is 16.9 Å². The summed E-state index contributed by atoms with van der Waals surface area (Å²) in [6.45, 7) is 2.54. The van der Waals surface area contributed by atoms with Crippen LogP contribution in [0.2, 0.25) is 0 Å².